The van der Waals surface area contributed by atoms with Crippen LogP contribution in [0.3, 0.4) is 0 Å². The highest BCUT2D eigenvalue weighted by atomic mass is 19.4. The summed E-state index contributed by atoms with van der Waals surface area (Å²) in [4.78, 5) is 36.1. The normalized spacial score (nSPS) is 23.2. The van der Waals surface area contributed by atoms with Crippen LogP contribution >= 0.6 is 0 Å². The number of alkyl halides is 6. The molecule has 0 spiro atoms. The number of carboxylic acids is 1. The zero-order valence-electron chi connectivity index (χ0n) is 28.8. The number of aliphatic carboxylic acids is 1. The van der Waals surface area contributed by atoms with Crippen LogP contribution in [0.1, 0.15) is 53.8 Å². The molecule has 2 fully saturated rings. The number of anilines is 1. The van der Waals surface area contributed by atoms with Gasteiger partial charge >= 0.3 is 18.4 Å². The summed E-state index contributed by atoms with van der Waals surface area (Å²) in [6.07, 6.45) is -7.57. The maximum absolute atomic E-state index is 13.7. The van der Waals surface area contributed by atoms with Crippen molar-refractivity contribution in [2.75, 3.05) is 39.2 Å². The minimum Gasteiger partial charge on any atom is -0.542 e. The van der Waals surface area contributed by atoms with Crippen molar-refractivity contribution in [3.63, 3.8) is 0 Å². The second-order valence-electron chi connectivity index (χ2n) is 13.3. The molecule has 3 aromatic rings. The Morgan fingerprint density at radius 1 is 1.04 bits per heavy atom. The lowest BCUT2D eigenvalue weighted by atomic mass is 9.94. The number of hydrogen-bond acceptors (Lipinski definition) is 8. The van der Waals surface area contributed by atoms with Crippen molar-refractivity contribution in [1.82, 2.24) is 14.8 Å². The molecule has 1 N–H and O–H groups in total. The first-order chi connectivity index (χ1) is 24.4. The highest BCUT2D eigenvalue weighted by Crippen LogP contribution is 2.42. The molecule has 0 aliphatic carbocycles. The number of carbonyl (C=O) groups excluding carboxylic acids is 2. The number of aromatic nitrogens is 1. The lowest BCUT2D eigenvalue weighted by molar-refractivity contribution is -0.881. The zero-order valence-corrected chi connectivity index (χ0v) is 28.8. The van der Waals surface area contributed by atoms with E-state index in [1.54, 1.807) is 37.5 Å². The highest BCUT2D eigenvalue weighted by molar-refractivity contribution is 5.77. The molecule has 4 heterocycles. The van der Waals surface area contributed by atoms with E-state index in [1.807, 2.05) is 29.2 Å². The fourth-order valence-corrected chi connectivity index (χ4v) is 7.04. The number of likely N-dealkylation sites (N-methyl/N-ethyl adjacent to an activating group) is 2. The number of carboxylic acid groups (broad SMARTS) is 1. The quantitative estimate of drug-likeness (QED) is 0.307. The number of carbonyl (C=O) groups is 2. The van der Waals surface area contributed by atoms with Crippen molar-refractivity contribution >= 4 is 17.9 Å². The van der Waals surface area contributed by atoms with Gasteiger partial charge in [-0.1, -0.05) is 6.07 Å². The number of benzene rings is 2. The molecule has 3 aliphatic rings. The van der Waals surface area contributed by atoms with Gasteiger partial charge in [-0.05, 0) is 73.4 Å². The van der Waals surface area contributed by atoms with Crippen molar-refractivity contribution < 1.29 is 55.4 Å². The van der Waals surface area contributed by atoms with Gasteiger partial charge in [0.1, 0.15) is 29.8 Å². The van der Waals surface area contributed by atoms with E-state index in [9.17, 15) is 41.0 Å². The predicted molar refractivity (Wildman–Crippen MR) is 174 cm³/mol. The Balaban J connectivity index is 1.35. The zero-order chi connectivity index (χ0) is 37.7. The van der Waals surface area contributed by atoms with Crippen molar-refractivity contribution in [2.24, 2.45) is 0 Å². The molecular weight excluding hydrogens is 696 g/mol. The van der Waals surface area contributed by atoms with Gasteiger partial charge in [-0.25, -0.2) is 9.78 Å². The Bertz CT molecular complexity index is 1850. The molecule has 0 bridgehead atoms. The number of halogens is 6. The van der Waals surface area contributed by atoms with Crippen molar-refractivity contribution in [1.29, 1.82) is 0 Å². The third-order valence-corrected chi connectivity index (χ3v) is 10.3. The molecule has 0 radical (unpaired) electrons. The minimum absolute atomic E-state index is 0.0302. The number of quaternary nitrogens is 1. The molecule has 10 nitrogen and oxygen atoms in total. The Labute approximate surface area is 295 Å². The number of amides is 1. The number of rotatable bonds is 10. The average Bonchev–Trinajstić information content (AvgIpc) is 3.51. The topological polar surface area (TPSA) is 103 Å². The van der Waals surface area contributed by atoms with E-state index in [0.717, 1.165) is 25.1 Å². The maximum atomic E-state index is 13.7. The average molecular weight is 734 g/mol. The minimum atomic E-state index is -5.07. The summed E-state index contributed by atoms with van der Waals surface area (Å²) in [7, 11) is 4.90. The summed E-state index contributed by atoms with van der Waals surface area (Å²) < 4.78 is 93.2. The van der Waals surface area contributed by atoms with E-state index in [0.29, 0.717) is 51.8 Å². The Kier molecular flexibility index (Phi) is 9.57. The number of aryl methyl sites for hydroxylation is 1. The fourth-order valence-electron chi connectivity index (χ4n) is 7.04. The molecule has 3 aliphatic heterocycles. The second-order valence-corrected chi connectivity index (χ2v) is 13.3. The van der Waals surface area contributed by atoms with Crippen LogP contribution in [-0.4, -0.2) is 72.8 Å². The van der Waals surface area contributed by atoms with Gasteiger partial charge < -0.3 is 29.2 Å². The van der Waals surface area contributed by atoms with Gasteiger partial charge in [-0.15, -0.1) is 0 Å². The SMILES string of the molecule is COc1ccc(CCC2(C(=O)[O-])N(C)C=C[NH+]2C)cc1-c1ccc(N2CCC2)nc1CN1C(=O)O[C@H](c2cc(C(F)(F)F)cc(C(F)(F)F)c2)[C@@H]1C. The van der Waals surface area contributed by atoms with Crippen LogP contribution in [0.15, 0.2) is 60.9 Å². The Morgan fingerprint density at radius 2 is 1.71 bits per heavy atom. The van der Waals surface area contributed by atoms with Crippen molar-refractivity contribution in [3.05, 3.63) is 88.9 Å². The molecule has 6 rings (SSSR count). The van der Waals surface area contributed by atoms with Gasteiger partial charge in [-0.3, -0.25) is 9.80 Å². The van der Waals surface area contributed by atoms with E-state index < -0.39 is 58.9 Å². The number of methoxy groups -OCH3 is 1. The first-order valence-corrected chi connectivity index (χ1v) is 16.6. The summed E-state index contributed by atoms with van der Waals surface area (Å²) in [6, 6.07) is 9.24. The van der Waals surface area contributed by atoms with E-state index >= 15 is 0 Å². The molecule has 52 heavy (non-hydrogen) atoms. The van der Waals surface area contributed by atoms with E-state index in [1.165, 1.54) is 18.9 Å². The van der Waals surface area contributed by atoms with Crippen LogP contribution < -0.4 is 19.6 Å². The first-order valence-electron chi connectivity index (χ1n) is 16.6. The standard InChI is InChI=1S/C36H37F6N5O5/c1-21-31(23-17-24(35(37,38)39)19-25(18-23)36(40,41)42)52-33(50)47(21)20-28-26(7-9-30(43-28)46-12-5-13-46)27-16-22(6-8-29(27)51-4)10-11-34(32(48)49)44(2)14-15-45(34)3/h6-9,14-19,21,31H,5,10-13,20H2,1-4H3,(H,48,49)/t21-,31-/m0/s1. The first kappa shape index (κ1) is 36.8. The molecule has 16 heteroatoms. The molecule has 1 aromatic heterocycles. The smallest absolute Gasteiger partial charge is 0.416 e. The van der Waals surface area contributed by atoms with Gasteiger partial charge in [0.05, 0.1) is 49.8 Å². The summed E-state index contributed by atoms with van der Waals surface area (Å²) >= 11 is 0. The van der Waals surface area contributed by atoms with Crippen molar-refractivity contribution in [3.8, 4) is 16.9 Å². The summed E-state index contributed by atoms with van der Waals surface area (Å²) in [5.41, 5.74) is -2.47. The van der Waals surface area contributed by atoms with Crippen LogP contribution in [0, 0.1) is 0 Å². The molecule has 2 unspecified atom stereocenters. The monoisotopic (exact) mass is 733 g/mol. The highest BCUT2D eigenvalue weighted by Gasteiger charge is 2.47. The van der Waals surface area contributed by atoms with Crippen LogP contribution in [0.2, 0.25) is 0 Å². The molecular formula is C36H37F6N5O5. The van der Waals surface area contributed by atoms with Crippen LogP contribution in [-0.2, 0) is 34.8 Å². The molecule has 4 atom stereocenters. The number of nitrogens with zero attached hydrogens (tertiary/aromatic N) is 4. The fraction of sp³-hybridized carbons (Fsp3) is 0.417. The van der Waals surface area contributed by atoms with Gasteiger partial charge in [0, 0.05) is 37.7 Å². The second kappa shape index (κ2) is 13.5. The Hall–Kier alpha value is -4.99. The number of hydrogen-bond donors (Lipinski definition) is 1. The number of nitrogens with one attached hydrogen (secondary N) is 1. The predicted octanol–water partition coefficient (Wildman–Crippen LogP) is 4.40. The largest absolute Gasteiger partial charge is 0.542 e. The van der Waals surface area contributed by atoms with Gasteiger partial charge in [-0.2, -0.15) is 26.3 Å². The van der Waals surface area contributed by atoms with Crippen LogP contribution in [0.4, 0.5) is 37.0 Å². The number of ether oxygens (including phenoxy) is 2. The number of cyclic esters (lactones) is 1. The van der Waals surface area contributed by atoms with Crippen LogP contribution in [0.25, 0.3) is 11.1 Å². The lowest BCUT2D eigenvalue weighted by Gasteiger charge is -2.38. The molecule has 1 amide bonds. The van der Waals surface area contributed by atoms with Crippen molar-refractivity contribution in [2.45, 2.75) is 62.9 Å². The lowest BCUT2D eigenvalue weighted by Crippen LogP contribution is -3.16. The number of pyridine rings is 1. The third-order valence-electron chi connectivity index (χ3n) is 10.3. The van der Waals surface area contributed by atoms with Gasteiger partial charge in [0.2, 0.25) is 5.66 Å². The van der Waals surface area contributed by atoms with Crippen LogP contribution in [0.5, 0.6) is 5.75 Å². The molecule has 2 aromatic carbocycles. The van der Waals surface area contributed by atoms with E-state index in [-0.39, 0.29) is 19.0 Å². The Morgan fingerprint density at radius 3 is 2.25 bits per heavy atom. The van der Waals surface area contributed by atoms with E-state index in [4.69, 9.17) is 14.5 Å². The van der Waals surface area contributed by atoms with E-state index in [2.05, 4.69) is 0 Å². The van der Waals surface area contributed by atoms with Gasteiger partial charge in [0.15, 0.2) is 0 Å². The molecule has 278 valence electrons. The third kappa shape index (κ3) is 6.71. The molecule has 0 saturated carbocycles. The van der Waals surface area contributed by atoms with Gasteiger partial charge in [0.25, 0.3) is 0 Å². The summed E-state index contributed by atoms with van der Waals surface area (Å²) in [5.74, 6) is -0.133. The summed E-state index contributed by atoms with van der Waals surface area (Å²) in [5, 5.41) is 12.4. The maximum Gasteiger partial charge on any atom is 0.416 e. The summed E-state index contributed by atoms with van der Waals surface area (Å²) in [6.45, 7) is 2.81. The molecule has 2 saturated heterocycles.